The number of aryl methyl sites for hydroxylation is 2. The molecule has 1 aliphatic heterocycles. The second-order valence-electron chi connectivity index (χ2n) is 14.5. The van der Waals surface area contributed by atoms with E-state index in [1.165, 1.54) is 4.90 Å². The Morgan fingerprint density at radius 3 is 2.46 bits per heavy atom. The van der Waals surface area contributed by atoms with Gasteiger partial charge in [-0.2, -0.15) is 0 Å². The quantitative estimate of drug-likeness (QED) is 0.142. The van der Waals surface area contributed by atoms with Crippen molar-refractivity contribution in [3.8, 4) is 16.2 Å². The Hall–Kier alpha value is -4.04. The van der Waals surface area contributed by atoms with E-state index >= 15 is 0 Å². The highest BCUT2D eigenvalue weighted by Gasteiger charge is 2.44. The molecule has 0 saturated carbocycles. The Morgan fingerprint density at radius 2 is 1.83 bits per heavy atom. The predicted octanol–water partition coefficient (Wildman–Crippen LogP) is 4.44. The lowest BCUT2D eigenvalue weighted by molar-refractivity contribution is -0.144. The molecule has 282 valence electrons. The standard InChI is InChI=1S/C38H51ClN6O6S/c1-22(24-12-14-26(15-13-24)34-23(2)42-21-52-34)43-36(49)29-18-28(46)19-45(29)37(50)35(38(3,4)5)44-32(48)11-7-9-25-8-6-10-30(33(25)39)51-20-27(40)16-17-31(41)47/h6,8,10,12-15,21-22,27-29,35,46H,7,9,11,16-20,40H2,1-5H3,(H2,41,47)(H,43,49)(H,44,48)/t22-,27-,28?,29-,35+/m0/s1. The largest absolute Gasteiger partial charge is 0.490 e. The summed E-state index contributed by atoms with van der Waals surface area (Å²) < 4.78 is 5.78. The summed E-state index contributed by atoms with van der Waals surface area (Å²) in [5.41, 5.74) is 16.0. The number of hydrogen-bond acceptors (Lipinski definition) is 9. The van der Waals surface area contributed by atoms with Crippen LogP contribution in [0.25, 0.3) is 10.4 Å². The van der Waals surface area contributed by atoms with Gasteiger partial charge in [-0.25, -0.2) is 4.98 Å². The number of likely N-dealkylation sites (tertiary alicyclic amines) is 1. The first-order chi connectivity index (χ1) is 24.5. The van der Waals surface area contributed by atoms with Gasteiger partial charge in [-0.15, -0.1) is 11.3 Å². The van der Waals surface area contributed by atoms with Crippen LogP contribution < -0.4 is 26.8 Å². The number of ether oxygens (including phenoxy) is 1. The number of amides is 4. The van der Waals surface area contributed by atoms with Crippen molar-refractivity contribution in [1.82, 2.24) is 20.5 Å². The highest BCUT2D eigenvalue weighted by Crippen LogP contribution is 2.31. The average Bonchev–Trinajstić information content (AvgIpc) is 3.70. The zero-order valence-electron chi connectivity index (χ0n) is 30.5. The summed E-state index contributed by atoms with van der Waals surface area (Å²) in [4.78, 5) is 58.7. The molecule has 0 bridgehead atoms. The van der Waals surface area contributed by atoms with Crippen molar-refractivity contribution in [3.63, 3.8) is 0 Å². The van der Waals surface area contributed by atoms with Crippen molar-refractivity contribution in [2.75, 3.05) is 13.2 Å². The first-order valence-electron chi connectivity index (χ1n) is 17.6. The van der Waals surface area contributed by atoms with Gasteiger partial charge in [0.1, 0.15) is 24.4 Å². The SMILES string of the molecule is Cc1ncsc1-c1ccc([C@H](C)NC(=O)[C@@H]2CC(O)CN2C(=O)[C@@H](NC(=O)CCCc2cccc(OC[C@@H](N)CCC(N)=O)c2Cl)C(C)(C)C)cc1. The molecule has 2 aromatic carbocycles. The number of aliphatic hydroxyl groups excluding tert-OH is 1. The van der Waals surface area contributed by atoms with Gasteiger partial charge in [0.15, 0.2) is 0 Å². The van der Waals surface area contributed by atoms with E-state index in [0.717, 1.165) is 27.3 Å². The number of rotatable bonds is 16. The lowest BCUT2D eigenvalue weighted by atomic mass is 9.85. The molecule has 0 spiro atoms. The van der Waals surface area contributed by atoms with E-state index in [4.69, 9.17) is 27.8 Å². The van der Waals surface area contributed by atoms with Gasteiger partial charge in [0.2, 0.25) is 23.6 Å². The molecular formula is C38H51ClN6O6S. The van der Waals surface area contributed by atoms with Crippen LogP contribution in [0.4, 0.5) is 0 Å². The minimum Gasteiger partial charge on any atom is -0.490 e. The first-order valence-corrected chi connectivity index (χ1v) is 18.8. The normalized spacial score (nSPS) is 17.7. The second kappa shape index (κ2) is 18.1. The summed E-state index contributed by atoms with van der Waals surface area (Å²) in [6.07, 6.45) is 0.860. The van der Waals surface area contributed by atoms with E-state index in [1.54, 1.807) is 23.5 Å². The highest BCUT2D eigenvalue weighted by molar-refractivity contribution is 7.13. The van der Waals surface area contributed by atoms with Crippen LogP contribution in [0.1, 0.15) is 82.7 Å². The zero-order valence-corrected chi connectivity index (χ0v) is 32.1. The number of β-amino-alcohol motifs (C(OH)–C–C–N with tert-alkyl or cyclic N) is 1. The fourth-order valence-electron chi connectivity index (χ4n) is 6.16. The number of aliphatic hydroxyl groups is 1. The predicted molar refractivity (Wildman–Crippen MR) is 203 cm³/mol. The summed E-state index contributed by atoms with van der Waals surface area (Å²) in [5, 5.41) is 16.9. The molecule has 12 nitrogen and oxygen atoms in total. The topological polar surface area (TPSA) is 190 Å². The second-order valence-corrected chi connectivity index (χ2v) is 15.8. The molecule has 0 aliphatic carbocycles. The Bertz CT molecular complexity index is 1710. The maximum Gasteiger partial charge on any atom is 0.246 e. The van der Waals surface area contributed by atoms with Gasteiger partial charge < -0.3 is 36.8 Å². The van der Waals surface area contributed by atoms with Gasteiger partial charge in [0.25, 0.3) is 0 Å². The third-order valence-electron chi connectivity index (χ3n) is 9.17. The fraction of sp³-hybridized carbons (Fsp3) is 0.500. The van der Waals surface area contributed by atoms with Gasteiger partial charge in [-0.1, -0.05) is 68.8 Å². The number of carbonyl (C=O) groups excluding carboxylic acids is 4. The molecule has 5 atom stereocenters. The smallest absolute Gasteiger partial charge is 0.246 e. The molecule has 7 N–H and O–H groups in total. The Kier molecular flexibility index (Phi) is 14.2. The molecule has 14 heteroatoms. The molecule has 52 heavy (non-hydrogen) atoms. The molecule has 1 fully saturated rings. The molecule has 1 aliphatic rings. The van der Waals surface area contributed by atoms with E-state index < -0.39 is 35.4 Å². The third-order valence-corrected chi connectivity index (χ3v) is 10.6. The Labute approximate surface area is 314 Å². The number of hydrogen-bond donors (Lipinski definition) is 5. The molecule has 1 unspecified atom stereocenters. The van der Waals surface area contributed by atoms with Gasteiger partial charge in [-0.05, 0) is 61.3 Å². The summed E-state index contributed by atoms with van der Waals surface area (Å²) in [5.74, 6) is -1.07. The van der Waals surface area contributed by atoms with Crippen LogP contribution >= 0.6 is 22.9 Å². The van der Waals surface area contributed by atoms with Crippen molar-refractivity contribution in [2.24, 2.45) is 16.9 Å². The minimum atomic E-state index is -0.931. The molecule has 4 rings (SSSR count). The summed E-state index contributed by atoms with van der Waals surface area (Å²) in [7, 11) is 0. The molecule has 2 heterocycles. The van der Waals surface area contributed by atoms with Crippen LogP contribution in [0.2, 0.25) is 5.02 Å². The van der Waals surface area contributed by atoms with Crippen LogP contribution in [0.3, 0.4) is 0 Å². The van der Waals surface area contributed by atoms with Crippen molar-refractivity contribution in [1.29, 1.82) is 0 Å². The molecule has 1 saturated heterocycles. The number of nitrogens with two attached hydrogens (primary N) is 2. The highest BCUT2D eigenvalue weighted by atomic mass is 35.5. The van der Waals surface area contributed by atoms with Crippen molar-refractivity contribution in [2.45, 2.75) is 103 Å². The monoisotopic (exact) mass is 754 g/mol. The Morgan fingerprint density at radius 1 is 1.12 bits per heavy atom. The average molecular weight is 755 g/mol. The first kappa shape index (κ1) is 40.7. The van der Waals surface area contributed by atoms with E-state index in [0.29, 0.717) is 30.0 Å². The molecule has 0 radical (unpaired) electrons. The number of carbonyl (C=O) groups is 4. The van der Waals surface area contributed by atoms with Gasteiger partial charge in [0, 0.05) is 31.8 Å². The number of nitrogens with one attached hydrogen (secondary N) is 2. The van der Waals surface area contributed by atoms with Crippen LogP contribution in [0, 0.1) is 12.3 Å². The van der Waals surface area contributed by atoms with E-state index in [-0.39, 0.29) is 56.3 Å². The molecular weight excluding hydrogens is 704 g/mol. The van der Waals surface area contributed by atoms with E-state index in [2.05, 4.69) is 15.6 Å². The lowest BCUT2D eigenvalue weighted by Gasteiger charge is -2.35. The van der Waals surface area contributed by atoms with Crippen LogP contribution in [-0.4, -0.2) is 76.0 Å². The number of nitrogens with zero attached hydrogens (tertiary/aromatic N) is 2. The zero-order chi connectivity index (χ0) is 38.2. The number of halogens is 1. The van der Waals surface area contributed by atoms with Gasteiger partial charge in [-0.3, -0.25) is 19.2 Å². The maximum atomic E-state index is 14.0. The Balaban J connectivity index is 1.34. The number of benzene rings is 2. The van der Waals surface area contributed by atoms with E-state index in [1.807, 2.05) is 70.5 Å². The number of thiazole rings is 1. The van der Waals surface area contributed by atoms with Crippen LogP contribution in [0.15, 0.2) is 48.0 Å². The summed E-state index contributed by atoms with van der Waals surface area (Å²) in [6, 6.07) is 10.8. The van der Waals surface area contributed by atoms with Crippen LogP contribution in [0.5, 0.6) is 5.75 Å². The van der Waals surface area contributed by atoms with E-state index in [9.17, 15) is 24.3 Å². The van der Waals surface area contributed by atoms with Crippen molar-refractivity contribution < 1.29 is 29.0 Å². The molecule has 1 aromatic heterocycles. The third kappa shape index (κ3) is 11.0. The van der Waals surface area contributed by atoms with Gasteiger partial charge in [0.05, 0.1) is 33.3 Å². The van der Waals surface area contributed by atoms with Gasteiger partial charge >= 0.3 is 0 Å². The van der Waals surface area contributed by atoms with Crippen molar-refractivity contribution in [3.05, 3.63) is 69.8 Å². The minimum absolute atomic E-state index is 0.0103. The summed E-state index contributed by atoms with van der Waals surface area (Å²) >= 11 is 8.17. The lowest BCUT2D eigenvalue weighted by Crippen LogP contribution is -2.57. The van der Waals surface area contributed by atoms with Crippen molar-refractivity contribution >= 4 is 46.6 Å². The number of primary amides is 1. The maximum absolute atomic E-state index is 14.0. The molecule has 4 amide bonds. The van der Waals surface area contributed by atoms with Crippen LogP contribution in [-0.2, 0) is 25.6 Å². The fourth-order valence-corrected chi connectivity index (χ4v) is 7.24. The number of aromatic nitrogens is 1. The molecule has 3 aromatic rings. The summed E-state index contributed by atoms with van der Waals surface area (Å²) in [6.45, 7) is 9.55.